The molecule has 27 heavy (non-hydrogen) atoms. The molecule has 0 radical (unpaired) electrons. The molecule has 0 aliphatic heterocycles. The van der Waals surface area contributed by atoms with Gasteiger partial charge in [-0.3, -0.25) is 9.79 Å². The van der Waals surface area contributed by atoms with E-state index in [4.69, 9.17) is 4.74 Å². The van der Waals surface area contributed by atoms with Crippen molar-refractivity contribution < 1.29 is 9.53 Å². The summed E-state index contributed by atoms with van der Waals surface area (Å²) in [5, 5.41) is 9.36. The number of nitrogens with zero attached hydrogens (tertiary/aromatic N) is 2. The highest BCUT2D eigenvalue weighted by molar-refractivity contribution is 9.10. The van der Waals surface area contributed by atoms with Crippen molar-refractivity contribution in [2.24, 2.45) is 4.99 Å². The molecule has 0 aliphatic rings. The van der Waals surface area contributed by atoms with Gasteiger partial charge in [0, 0.05) is 63.5 Å². The summed E-state index contributed by atoms with van der Waals surface area (Å²) >= 11 is 3.42. The van der Waals surface area contributed by atoms with Gasteiger partial charge in [0.15, 0.2) is 5.96 Å². The van der Waals surface area contributed by atoms with Crippen LogP contribution in [0, 0.1) is 6.92 Å². The van der Waals surface area contributed by atoms with Gasteiger partial charge in [0.2, 0.25) is 5.91 Å². The molecule has 0 heterocycles. The van der Waals surface area contributed by atoms with Crippen LogP contribution in [-0.2, 0) is 9.53 Å². The summed E-state index contributed by atoms with van der Waals surface area (Å²) in [5.41, 5.74) is 1.86. The van der Waals surface area contributed by atoms with E-state index in [0.717, 1.165) is 48.4 Å². The Morgan fingerprint density at radius 2 is 2.00 bits per heavy atom. The molecule has 1 aromatic rings. The summed E-state index contributed by atoms with van der Waals surface area (Å²) in [4.78, 5) is 18.5. The smallest absolute Gasteiger partial charge is 0.226 e. The first-order valence-electron chi connectivity index (χ1n) is 9.14. The Kier molecular flexibility index (Phi) is 11.7. The lowest BCUT2D eigenvalue weighted by Crippen LogP contribution is -2.42. The molecule has 0 saturated heterocycles. The van der Waals surface area contributed by atoms with Gasteiger partial charge in [0.25, 0.3) is 0 Å². The van der Waals surface area contributed by atoms with Crippen molar-refractivity contribution in [3.05, 3.63) is 28.2 Å². The number of methoxy groups -OCH3 is 1. The molecule has 1 aromatic carbocycles. The fourth-order valence-electron chi connectivity index (χ4n) is 2.45. The van der Waals surface area contributed by atoms with Crippen molar-refractivity contribution in [1.82, 2.24) is 15.5 Å². The van der Waals surface area contributed by atoms with E-state index < -0.39 is 0 Å². The fraction of sp³-hybridized carbons (Fsp3) is 0.579. The summed E-state index contributed by atoms with van der Waals surface area (Å²) in [6.07, 6.45) is 1.39. The standard InChI is InChI=1S/C19H32BrN5O2/c1-15-14-16(20)6-7-17(15)24-18(26)8-9-22-19(21-2)23-10-12-25(3)11-5-13-27-4/h6-7,14H,5,8-13H2,1-4H3,(H,24,26)(H2,21,22,23). The number of hydrogen-bond acceptors (Lipinski definition) is 4. The molecule has 0 saturated carbocycles. The first-order chi connectivity index (χ1) is 13.0. The van der Waals surface area contributed by atoms with Gasteiger partial charge >= 0.3 is 0 Å². The van der Waals surface area contributed by atoms with Crippen LogP contribution in [0.3, 0.4) is 0 Å². The minimum atomic E-state index is -0.0266. The van der Waals surface area contributed by atoms with Crippen LogP contribution >= 0.6 is 15.9 Å². The number of anilines is 1. The van der Waals surface area contributed by atoms with Crippen LogP contribution in [0.2, 0.25) is 0 Å². The van der Waals surface area contributed by atoms with Crippen LogP contribution in [-0.4, -0.2) is 70.8 Å². The van der Waals surface area contributed by atoms with Gasteiger partial charge in [-0.2, -0.15) is 0 Å². The number of likely N-dealkylation sites (N-methyl/N-ethyl adjacent to an activating group) is 1. The summed E-state index contributed by atoms with van der Waals surface area (Å²) in [6, 6.07) is 5.79. The van der Waals surface area contributed by atoms with Crippen molar-refractivity contribution in [1.29, 1.82) is 0 Å². The second kappa shape index (κ2) is 13.5. The number of nitrogens with one attached hydrogen (secondary N) is 3. The zero-order valence-corrected chi connectivity index (χ0v) is 18.4. The summed E-state index contributed by atoms with van der Waals surface area (Å²) in [5.74, 6) is 0.675. The topological polar surface area (TPSA) is 78.0 Å². The highest BCUT2D eigenvalue weighted by Gasteiger charge is 2.06. The van der Waals surface area contributed by atoms with Crippen molar-refractivity contribution in [2.45, 2.75) is 19.8 Å². The molecule has 0 atom stereocenters. The minimum absolute atomic E-state index is 0.0266. The van der Waals surface area contributed by atoms with E-state index >= 15 is 0 Å². The molecule has 0 aliphatic carbocycles. The number of hydrogen-bond donors (Lipinski definition) is 3. The Morgan fingerprint density at radius 1 is 1.26 bits per heavy atom. The third-order valence-corrected chi connectivity index (χ3v) is 4.50. The second-order valence-corrected chi connectivity index (χ2v) is 7.25. The van der Waals surface area contributed by atoms with Crippen molar-refractivity contribution >= 4 is 33.5 Å². The maximum Gasteiger partial charge on any atom is 0.226 e. The van der Waals surface area contributed by atoms with Crippen molar-refractivity contribution in [3.8, 4) is 0 Å². The predicted molar refractivity (Wildman–Crippen MR) is 115 cm³/mol. The molecule has 3 N–H and O–H groups in total. The van der Waals surface area contributed by atoms with Gasteiger partial charge < -0.3 is 25.6 Å². The predicted octanol–water partition coefficient (Wildman–Crippen LogP) is 2.22. The van der Waals surface area contributed by atoms with Gasteiger partial charge in [0.1, 0.15) is 0 Å². The molecule has 0 bridgehead atoms. The third kappa shape index (κ3) is 10.3. The van der Waals surface area contributed by atoms with Gasteiger partial charge in [-0.25, -0.2) is 0 Å². The molecular formula is C19H32BrN5O2. The molecule has 0 aromatic heterocycles. The van der Waals surface area contributed by atoms with Gasteiger partial charge in [0.05, 0.1) is 0 Å². The van der Waals surface area contributed by atoms with Crippen molar-refractivity contribution in [2.75, 3.05) is 59.3 Å². The maximum absolute atomic E-state index is 12.1. The number of benzene rings is 1. The van der Waals surface area contributed by atoms with E-state index in [1.54, 1.807) is 14.2 Å². The number of guanidine groups is 1. The number of halogens is 1. The van der Waals surface area contributed by atoms with Crippen LogP contribution in [0.4, 0.5) is 5.69 Å². The highest BCUT2D eigenvalue weighted by Crippen LogP contribution is 2.19. The zero-order chi connectivity index (χ0) is 20.1. The summed E-state index contributed by atoms with van der Waals surface area (Å²) in [7, 11) is 5.53. The van der Waals surface area contributed by atoms with E-state index in [1.807, 2.05) is 25.1 Å². The highest BCUT2D eigenvalue weighted by atomic mass is 79.9. The van der Waals surface area contributed by atoms with Crippen molar-refractivity contribution in [3.63, 3.8) is 0 Å². The quantitative estimate of drug-likeness (QED) is 0.278. The fourth-order valence-corrected chi connectivity index (χ4v) is 2.93. The van der Waals surface area contributed by atoms with E-state index in [9.17, 15) is 4.79 Å². The minimum Gasteiger partial charge on any atom is -0.385 e. The zero-order valence-electron chi connectivity index (χ0n) is 16.8. The molecule has 7 nitrogen and oxygen atoms in total. The normalized spacial score (nSPS) is 11.6. The molecule has 0 fully saturated rings. The number of ether oxygens (including phenoxy) is 1. The van der Waals surface area contributed by atoms with Crippen LogP contribution < -0.4 is 16.0 Å². The van der Waals surface area contributed by atoms with Gasteiger partial charge in [-0.15, -0.1) is 0 Å². The molecular weight excluding hydrogens is 410 g/mol. The lowest BCUT2D eigenvalue weighted by atomic mass is 10.2. The summed E-state index contributed by atoms with van der Waals surface area (Å²) in [6.45, 7) is 5.96. The number of carbonyl (C=O) groups is 1. The molecule has 152 valence electrons. The van der Waals surface area contributed by atoms with E-state index in [2.05, 4.69) is 48.8 Å². The van der Waals surface area contributed by atoms with Crippen LogP contribution in [0.15, 0.2) is 27.7 Å². The molecule has 8 heteroatoms. The van der Waals surface area contributed by atoms with Gasteiger partial charge in [-0.05, 0) is 44.2 Å². The molecule has 0 spiro atoms. The number of aliphatic imine (C=N–C) groups is 1. The Bertz CT molecular complexity index is 610. The van der Waals surface area contributed by atoms with E-state index in [-0.39, 0.29) is 5.91 Å². The first kappa shape index (κ1) is 23.4. The van der Waals surface area contributed by atoms with Crippen LogP contribution in [0.5, 0.6) is 0 Å². The SMILES string of the molecule is CN=C(NCCC(=O)Nc1ccc(Br)cc1C)NCCN(C)CCCOC. The van der Waals surface area contributed by atoms with E-state index in [1.165, 1.54) is 0 Å². The Labute approximate surface area is 171 Å². The van der Waals surface area contributed by atoms with Crippen LogP contribution in [0.25, 0.3) is 0 Å². The van der Waals surface area contributed by atoms with Crippen LogP contribution in [0.1, 0.15) is 18.4 Å². The van der Waals surface area contributed by atoms with Gasteiger partial charge in [-0.1, -0.05) is 15.9 Å². The Morgan fingerprint density at radius 3 is 2.67 bits per heavy atom. The average Bonchev–Trinajstić information content (AvgIpc) is 2.63. The number of rotatable bonds is 11. The summed E-state index contributed by atoms with van der Waals surface area (Å²) < 4.78 is 6.06. The molecule has 1 amide bonds. The second-order valence-electron chi connectivity index (χ2n) is 6.33. The number of amides is 1. The molecule has 0 unspecified atom stereocenters. The number of aryl methyl sites for hydroxylation is 1. The monoisotopic (exact) mass is 441 g/mol. The maximum atomic E-state index is 12.1. The average molecular weight is 442 g/mol. The lowest BCUT2D eigenvalue weighted by Gasteiger charge is -2.18. The Balaban J connectivity index is 2.23. The first-order valence-corrected chi connectivity index (χ1v) is 9.93. The number of carbonyl (C=O) groups excluding carboxylic acids is 1. The third-order valence-electron chi connectivity index (χ3n) is 4.00. The van der Waals surface area contributed by atoms with E-state index in [0.29, 0.717) is 18.9 Å². The largest absolute Gasteiger partial charge is 0.385 e. The lowest BCUT2D eigenvalue weighted by molar-refractivity contribution is -0.116. The molecule has 1 rings (SSSR count). The Hall–Kier alpha value is -1.64.